The zero-order valence-corrected chi connectivity index (χ0v) is 13.2. The maximum atomic E-state index is 13.1. The van der Waals surface area contributed by atoms with Gasteiger partial charge in [-0.3, -0.25) is 9.59 Å². The van der Waals surface area contributed by atoms with Gasteiger partial charge in [0.2, 0.25) is 0 Å². The van der Waals surface area contributed by atoms with Crippen LogP contribution in [0.15, 0.2) is 42.5 Å². The fraction of sp³-hybridized carbons (Fsp3) is 0.111. The third-order valence-electron chi connectivity index (χ3n) is 3.70. The highest BCUT2D eigenvalue weighted by atomic mass is 35.5. The first kappa shape index (κ1) is 16.3. The monoisotopic (exact) mass is 347 g/mol. The zero-order chi connectivity index (χ0) is 17.3. The summed E-state index contributed by atoms with van der Waals surface area (Å²) in [5, 5.41) is 1.37. The van der Waals surface area contributed by atoms with Crippen molar-refractivity contribution in [2.45, 2.75) is 12.8 Å². The SMILES string of the molecule is O=C(CCC(=O)c1cc2cc(Cl)ccc2[nH]1)c1ccc(F)c(F)c1. The Labute approximate surface area is 141 Å². The normalized spacial score (nSPS) is 11.0. The highest BCUT2D eigenvalue weighted by Crippen LogP contribution is 2.21. The van der Waals surface area contributed by atoms with E-state index in [9.17, 15) is 18.4 Å². The lowest BCUT2D eigenvalue weighted by molar-refractivity contribution is 0.0915. The predicted octanol–water partition coefficient (Wildman–Crippen LogP) is 4.95. The Morgan fingerprint density at radius 2 is 1.67 bits per heavy atom. The Hall–Kier alpha value is -2.53. The van der Waals surface area contributed by atoms with Crippen LogP contribution < -0.4 is 0 Å². The molecular weight excluding hydrogens is 336 g/mol. The molecule has 0 saturated carbocycles. The molecule has 1 heterocycles. The number of rotatable bonds is 5. The Balaban J connectivity index is 1.69. The molecule has 122 valence electrons. The number of halogens is 3. The Morgan fingerprint density at radius 3 is 2.42 bits per heavy atom. The van der Waals surface area contributed by atoms with Gasteiger partial charge >= 0.3 is 0 Å². The topological polar surface area (TPSA) is 49.9 Å². The molecule has 0 aliphatic heterocycles. The van der Waals surface area contributed by atoms with Crippen LogP contribution in [0.3, 0.4) is 0 Å². The highest BCUT2D eigenvalue weighted by molar-refractivity contribution is 6.31. The van der Waals surface area contributed by atoms with Gasteiger partial charge in [0.05, 0.1) is 5.69 Å². The smallest absolute Gasteiger partial charge is 0.179 e. The van der Waals surface area contributed by atoms with Crippen LogP contribution in [0, 0.1) is 11.6 Å². The number of hydrogen-bond donors (Lipinski definition) is 1. The summed E-state index contributed by atoms with van der Waals surface area (Å²) in [6, 6.07) is 9.82. The summed E-state index contributed by atoms with van der Waals surface area (Å²) in [6.07, 6.45) is -0.113. The number of Topliss-reactive ketones (excluding diaryl/α,β-unsaturated/α-hetero) is 2. The van der Waals surface area contributed by atoms with Crippen LogP contribution >= 0.6 is 11.6 Å². The molecule has 0 spiro atoms. The Bertz CT molecular complexity index is 949. The molecule has 0 aliphatic carbocycles. The largest absolute Gasteiger partial charge is 0.352 e. The van der Waals surface area contributed by atoms with Crippen molar-refractivity contribution in [3.8, 4) is 0 Å². The van der Waals surface area contributed by atoms with Gasteiger partial charge in [-0.25, -0.2) is 8.78 Å². The van der Waals surface area contributed by atoms with Crippen molar-refractivity contribution in [1.82, 2.24) is 4.98 Å². The van der Waals surface area contributed by atoms with E-state index in [0.29, 0.717) is 10.7 Å². The molecule has 0 amide bonds. The number of H-pyrrole nitrogens is 1. The summed E-state index contributed by atoms with van der Waals surface area (Å²) in [4.78, 5) is 27.2. The standard InChI is InChI=1S/C18H12ClF2NO2/c19-12-2-4-15-11(7-12)9-16(22-15)18(24)6-5-17(23)10-1-3-13(20)14(21)8-10/h1-4,7-9,22H,5-6H2. The highest BCUT2D eigenvalue weighted by Gasteiger charge is 2.14. The summed E-state index contributed by atoms with van der Waals surface area (Å²) in [5.74, 6) is -2.75. The maximum Gasteiger partial charge on any atom is 0.179 e. The molecule has 6 heteroatoms. The lowest BCUT2D eigenvalue weighted by Crippen LogP contribution is -2.06. The van der Waals surface area contributed by atoms with Crippen molar-refractivity contribution >= 4 is 34.1 Å². The minimum absolute atomic E-state index is 0.0294. The number of ketones is 2. The summed E-state index contributed by atoms with van der Waals surface area (Å²) < 4.78 is 26.0. The quantitative estimate of drug-likeness (QED) is 0.664. The first-order chi connectivity index (χ1) is 11.4. The summed E-state index contributed by atoms with van der Waals surface area (Å²) in [7, 11) is 0. The molecule has 0 atom stereocenters. The van der Waals surface area contributed by atoms with Gasteiger partial charge in [0.15, 0.2) is 23.2 Å². The molecular formula is C18H12ClF2NO2. The number of hydrogen-bond acceptors (Lipinski definition) is 2. The van der Waals surface area contributed by atoms with Crippen LogP contribution in [0.5, 0.6) is 0 Å². The molecule has 0 unspecified atom stereocenters. The number of fused-ring (bicyclic) bond motifs is 1. The van der Waals surface area contributed by atoms with Crippen LogP contribution in [0.2, 0.25) is 5.02 Å². The van der Waals surface area contributed by atoms with E-state index in [1.54, 1.807) is 24.3 Å². The van der Waals surface area contributed by atoms with Crippen LogP contribution in [0.25, 0.3) is 10.9 Å². The minimum atomic E-state index is -1.08. The number of aromatic amines is 1. The molecule has 0 bridgehead atoms. The van der Waals surface area contributed by atoms with E-state index in [0.717, 1.165) is 23.0 Å². The molecule has 0 fully saturated rings. The van der Waals surface area contributed by atoms with Crippen LogP contribution in [0.1, 0.15) is 33.7 Å². The summed E-state index contributed by atoms with van der Waals surface area (Å²) in [5.41, 5.74) is 1.20. The van der Waals surface area contributed by atoms with E-state index in [-0.39, 0.29) is 24.2 Å². The van der Waals surface area contributed by atoms with Gasteiger partial charge in [0.1, 0.15) is 0 Å². The second-order valence-corrected chi connectivity index (χ2v) is 5.83. The van der Waals surface area contributed by atoms with Crippen LogP contribution in [-0.2, 0) is 0 Å². The first-order valence-electron chi connectivity index (χ1n) is 7.24. The van der Waals surface area contributed by atoms with Crippen molar-refractivity contribution in [3.05, 3.63) is 70.4 Å². The molecule has 3 rings (SSSR count). The van der Waals surface area contributed by atoms with Crippen molar-refractivity contribution in [1.29, 1.82) is 0 Å². The van der Waals surface area contributed by atoms with Gasteiger partial charge in [-0.15, -0.1) is 0 Å². The minimum Gasteiger partial charge on any atom is -0.352 e. The van der Waals surface area contributed by atoms with Crippen molar-refractivity contribution < 1.29 is 18.4 Å². The van der Waals surface area contributed by atoms with E-state index < -0.39 is 17.4 Å². The van der Waals surface area contributed by atoms with Gasteiger partial charge in [-0.1, -0.05) is 11.6 Å². The first-order valence-corrected chi connectivity index (χ1v) is 7.61. The molecule has 3 aromatic rings. The molecule has 0 aliphatic rings. The molecule has 0 radical (unpaired) electrons. The molecule has 1 aromatic heterocycles. The number of carbonyl (C=O) groups excluding carboxylic acids is 2. The fourth-order valence-electron chi connectivity index (χ4n) is 2.43. The molecule has 24 heavy (non-hydrogen) atoms. The maximum absolute atomic E-state index is 13.1. The Morgan fingerprint density at radius 1 is 0.917 bits per heavy atom. The zero-order valence-electron chi connectivity index (χ0n) is 12.4. The van der Waals surface area contributed by atoms with Crippen LogP contribution in [0.4, 0.5) is 8.78 Å². The molecule has 3 nitrogen and oxygen atoms in total. The number of aromatic nitrogens is 1. The molecule has 2 aromatic carbocycles. The van der Waals surface area contributed by atoms with Crippen molar-refractivity contribution in [2.24, 2.45) is 0 Å². The van der Waals surface area contributed by atoms with Crippen LogP contribution in [-0.4, -0.2) is 16.6 Å². The number of nitrogens with one attached hydrogen (secondary N) is 1. The average molecular weight is 348 g/mol. The van der Waals surface area contributed by atoms with E-state index in [1.165, 1.54) is 6.07 Å². The van der Waals surface area contributed by atoms with E-state index in [1.807, 2.05) is 0 Å². The van der Waals surface area contributed by atoms with E-state index in [2.05, 4.69) is 4.98 Å². The number of carbonyl (C=O) groups is 2. The average Bonchev–Trinajstić information content (AvgIpc) is 2.98. The predicted molar refractivity (Wildman–Crippen MR) is 87.6 cm³/mol. The lowest BCUT2D eigenvalue weighted by Gasteiger charge is -2.01. The van der Waals surface area contributed by atoms with Gasteiger partial charge in [-0.2, -0.15) is 0 Å². The van der Waals surface area contributed by atoms with Gasteiger partial charge in [-0.05, 0) is 42.5 Å². The molecule has 0 saturated heterocycles. The second-order valence-electron chi connectivity index (χ2n) is 5.39. The summed E-state index contributed by atoms with van der Waals surface area (Å²) >= 11 is 5.90. The lowest BCUT2D eigenvalue weighted by atomic mass is 10.0. The summed E-state index contributed by atoms with van der Waals surface area (Å²) in [6.45, 7) is 0. The van der Waals surface area contributed by atoms with Crippen molar-refractivity contribution in [2.75, 3.05) is 0 Å². The number of benzene rings is 2. The second kappa shape index (κ2) is 6.53. The van der Waals surface area contributed by atoms with Crippen molar-refractivity contribution in [3.63, 3.8) is 0 Å². The van der Waals surface area contributed by atoms with E-state index >= 15 is 0 Å². The van der Waals surface area contributed by atoms with Gasteiger partial charge < -0.3 is 4.98 Å². The van der Waals surface area contributed by atoms with E-state index in [4.69, 9.17) is 11.6 Å². The van der Waals surface area contributed by atoms with Gasteiger partial charge in [0, 0.05) is 34.3 Å². The van der Waals surface area contributed by atoms with Gasteiger partial charge in [0.25, 0.3) is 0 Å². The molecule has 1 N–H and O–H groups in total. The Kier molecular flexibility index (Phi) is 4.44. The third-order valence-corrected chi connectivity index (χ3v) is 3.94. The third kappa shape index (κ3) is 3.36. The fourth-order valence-corrected chi connectivity index (χ4v) is 2.61.